The zero-order valence-electron chi connectivity index (χ0n) is 1.08. The van der Waals surface area contributed by atoms with Gasteiger partial charge in [0.25, 0.3) is 0 Å². The van der Waals surface area contributed by atoms with Crippen LogP contribution in [0.5, 0.6) is 0 Å². The summed E-state index contributed by atoms with van der Waals surface area (Å²) in [6, 6.07) is 0. The molecule has 0 bridgehead atoms. The summed E-state index contributed by atoms with van der Waals surface area (Å²) in [7, 11) is 0. The van der Waals surface area contributed by atoms with Crippen LogP contribution in [0.1, 0.15) is 0 Å². The first kappa shape index (κ1) is 33.4. The van der Waals surface area contributed by atoms with Crippen molar-refractivity contribution in [1.82, 2.24) is 0 Å². The van der Waals surface area contributed by atoms with E-state index in [9.17, 15) is 0 Å². The third kappa shape index (κ3) is 8.85. The summed E-state index contributed by atoms with van der Waals surface area (Å²) >= 11 is 0. The molecule has 0 rings (SSSR count). The topological polar surface area (TPSA) is 31.5 Å². The second-order valence-electron chi connectivity index (χ2n) is 0. The zero-order valence-corrected chi connectivity index (χ0v) is 2.88. The molecule has 1 nitrogen and oxygen atoms in total. The fraction of sp³-hybridized carbons (Fsp3) is 0. The second kappa shape index (κ2) is 18.5. The van der Waals surface area contributed by atoms with Crippen LogP contribution < -0.4 is 0 Å². The smallest absolute Gasteiger partial charge is 0 e. The first-order valence-electron chi connectivity index (χ1n) is 0. The average Bonchev–Trinajstić information content (AvgIpc) is 0. The Labute approximate surface area is 78.6 Å². The van der Waals surface area contributed by atoms with Crippen LogP contribution in [-0.4, -0.2) is 54.2 Å². The Kier molecular flexibility index (Phi) is 154. The van der Waals surface area contributed by atoms with E-state index in [4.69, 9.17) is 0 Å². The third-order valence-electron chi connectivity index (χ3n) is 0. The minimum Gasteiger partial charge on any atom is -0.0149 e. The van der Waals surface area contributed by atoms with Gasteiger partial charge in [-0.25, -0.2) is 0 Å². The van der Waals surface area contributed by atoms with Crippen LogP contribution in [0.2, 0.25) is 0 Å². The van der Waals surface area contributed by atoms with Crippen molar-refractivity contribution in [2.75, 3.05) is 0 Å². The Morgan fingerprint density at radius 3 is 1.00 bits per heavy atom. The fourth-order valence-corrected chi connectivity index (χ4v) is 0. The predicted octanol–water partition coefficient (Wildman–Crippen LogP) is -3.20. The Morgan fingerprint density at radius 1 is 1.00 bits per heavy atom. The minimum absolute atomic E-state index is 0. The van der Waals surface area contributed by atoms with E-state index in [1.165, 1.54) is 0 Å². The van der Waals surface area contributed by atoms with Gasteiger partial charge in [-0.1, -0.05) is 0 Å². The molecular weight excluding hydrogens is 129 g/mol. The molecule has 1 radical (unpaired) electrons. The van der Waals surface area contributed by atoms with Crippen LogP contribution in [0.15, 0.2) is 0 Å². The predicted molar refractivity (Wildman–Crippen MR) is 23.5 cm³/mol. The maximum absolute atomic E-state index is 0. The molecule has 0 saturated heterocycles. The quantitative estimate of drug-likeness (QED) is 0.315. The van der Waals surface area contributed by atoms with Crippen LogP contribution in [0, 0.1) is 0 Å². The first-order valence-corrected chi connectivity index (χ1v) is 0. The van der Waals surface area contributed by atoms with Crippen LogP contribution in [0.3, 0.4) is 0 Å². The third-order valence-corrected chi connectivity index (χ3v) is 0. The van der Waals surface area contributed by atoms with E-state index in [0.717, 1.165) is 0 Å². The van der Waals surface area contributed by atoms with E-state index in [1.807, 2.05) is 0 Å². The number of rotatable bonds is 0. The van der Waals surface area contributed by atoms with Gasteiger partial charge in [0, 0.05) is 25.8 Å². The fourth-order valence-electron chi connectivity index (χ4n) is 0. The first-order chi connectivity index (χ1) is 0. The Bertz CT molecular complexity index is 8.00. The van der Waals surface area contributed by atoms with Gasteiger partial charge in [0.15, 0.2) is 0 Å². The van der Waals surface area contributed by atoms with Gasteiger partial charge in [0.1, 0.15) is 0 Å². The molecule has 0 spiro atoms. The van der Waals surface area contributed by atoms with Gasteiger partial charge in [-0.3, -0.25) is 0 Å². The summed E-state index contributed by atoms with van der Waals surface area (Å²) in [6.07, 6.45) is 0. The van der Waals surface area contributed by atoms with Gasteiger partial charge < -0.3 is 5.48 Å². The summed E-state index contributed by atoms with van der Waals surface area (Å²) in [5.41, 5.74) is 0. The van der Waals surface area contributed by atoms with Crippen molar-refractivity contribution in [3.8, 4) is 0 Å². The Balaban J connectivity index is 0. The molecule has 0 aromatic heterocycles. The summed E-state index contributed by atoms with van der Waals surface area (Å²) < 4.78 is 0. The molecule has 4 heavy (non-hydrogen) atoms. The van der Waals surface area contributed by atoms with Crippen molar-refractivity contribution < 1.29 is 31.3 Å². The molecule has 0 heterocycles. The molecule has 0 aliphatic heterocycles. The van der Waals surface area contributed by atoms with E-state index in [1.54, 1.807) is 0 Å². The van der Waals surface area contributed by atoms with Crippen molar-refractivity contribution >= 4 is 48.7 Å². The molecule has 0 aromatic rings. The maximum Gasteiger partial charge on any atom is 0 e. The molecule has 2 N–H and O–H groups in total. The van der Waals surface area contributed by atoms with Crippen molar-refractivity contribution in [1.29, 1.82) is 0 Å². The van der Waals surface area contributed by atoms with Gasteiger partial charge in [0.05, 0.1) is 0 Å². The van der Waals surface area contributed by atoms with Gasteiger partial charge in [0.2, 0.25) is 0 Å². The Hall–Kier alpha value is 2.31. The van der Waals surface area contributed by atoms with E-state index < -0.39 is 0 Å². The molecule has 0 unspecified atom stereocenters. The average molecular weight is 137 g/mol. The van der Waals surface area contributed by atoms with E-state index in [2.05, 4.69) is 0 Å². The summed E-state index contributed by atoms with van der Waals surface area (Å²) in [6.45, 7) is 0. The standard InChI is InChI=1S/Ca.H2O.Sc.H4Si.2H/h;1H2;;1H4;;. The maximum atomic E-state index is 0. The monoisotopic (exact) mass is 137 g/mol. The van der Waals surface area contributed by atoms with Gasteiger partial charge >= 0.3 is 37.7 Å². The molecule has 0 amide bonds. The molecule has 0 aromatic carbocycles. The SMILES string of the molecule is O.[CaH2].[Sc].[SiH4]. The molecule has 0 saturated carbocycles. The van der Waals surface area contributed by atoms with Crippen LogP contribution >= 0.6 is 0 Å². The van der Waals surface area contributed by atoms with Crippen LogP contribution in [0.4, 0.5) is 0 Å². The molecule has 0 aliphatic carbocycles. The van der Waals surface area contributed by atoms with E-state index in [-0.39, 0.29) is 80.0 Å². The largest absolute Gasteiger partial charge is 0.0149 e. The van der Waals surface area contributed by atoms with Gasteiger partial charge in [-0.2, -0.15) is 0 Å². The number of hydrogen-bond donors (Lipinski definition) is 0. The molecule has 0 atom stereocenters. The van der Waals surface area contributed by atoms with Gasteiger partial charge in [-0.05, 0) is 11.0 Å². The summed E-state index contributed by atoms with van der Waals surface area (Å²) in [4.78, 5) is 0. The van der Waals surface area contributed by atoms with E-state index in [0.29, 0.717) is 0 Å². The van der Waals surface area contributed by atoms with Crippen LogP contribution in [0.25, 0.3) is 0 Å². The van der Waals surface area contributed by atoms with Crippen molar-refractivity contribution in [3.05, 3.63) is 0 Å². The molecule has 0 fully saturated rings. The van der Waals surface area contributed by atoms with Gasteiger partial charge in [-0.15, -0.1) is 0 Å². The summed E-state index contributed by atoms with van der Waals surface area (Å²) in [5, 5.41) is 0. The van der Waals surface area contributed by atoms with Crippen molar-refractivity contribution in [3.63, 3.8) is 0 Å². The summed E-state index contributed by atoms with van der Waals surface area (Å²) in [5.74, 6) is 0. The molecule has 23 valence electrons. The Morgan fingerprint density at radius 2 is 1.00 bits per heavy atom. The molecule has 0 aliphatic rings. The zero-order chi connectivity index (χ0) is 0. The van der Waals surface area contributed by atoms with Crippen molar-refractivity contribution in [2.45, 2.75) is 0 Å². The second-order valence-corrected chi connectivity index (χ2v) is 0. The normalized spacial score (nSPS) is 0. The van der Waals surface area contributed by atoms with Crippen molar-refractivity contribution in [2.24, 2.45) is 0 Å². The molecule has 4 heteroatoms. The van der Waals surface area contributed by atoms with E-state index >= 15 is 0 Å². The van der Waals surface area contributed by atoms with Crippen LogP contribution in [-0.2, 0) is 25.8 Å². The number of hydrogen-bond acceptors (Lipinski definition) is 0. The molecular formula is H8CaOScSi. The minimum atomic E-state index is 0.